The van der Waals surface area contributed by atoms with Gasteiger partial charge in [0.05, 0.1) is 4.92 Å². The van der Waals surface area contributed by atoms with Crippen molar-refractivity contribution in [2.45, 2.75) is 44.6 Å². The van der Waals surface area contributed by atoms with Crippen LogP contribution >= 0.6 is 0 Å². The van der Waals surface area contributed by atoms with Gasteiger partial charge in [-0.3, -0.25) is 10.1 Å². The van der Waals surface area contributed by atoms with Crippen LogP contribution in [0.3, 0.4) is 0 Å². The van der Waals surface area contributed by atoms with E-state index in [0.29, 0.717) is 18.3 Å². The highest BCUT2D eigenvalue weighted by Gasteiger charge is 2.11. The van der Waals surface area contributed by atoms with E-state index in [1.807, 2.05) is 0 Å². The first kappa shape index (κ1) is 17.2. The third-order valence-electron chi connectivity index (χ3n) is 4.03. The topological polar surface area (TPSA) is 96.3 Å². The Morgan fingerprint density at radius 2 is 1.74 bits per heavy atom. The number of urea groups is 1. The van der Waals surface area contributed by atoms with Gasteiger partial charge in [-0.2, -0.15) is 0 Å². The summed E-state index contributed by atoms with van der Waals surface area (Å²) in [6, 6.07) is 6.02. The lowest BCUT2D eigenvalue weighted by molar-refractivity contribution is -0.384. The van der Waals surface area contributed by atoms with Crippen LogP contribution in [0.2, 0.25) is 0 Å². The van der Waals surface area contributed by atoms with Crippen molar-refractivity contribution in [2.24, 2.45) is 0 Å². The number of nitrogens with one attached hydrogen (secondary N) is 3. The molecule has 2 rings (SSSR count). The average Bonchev–Trinajstić information content (AvgIpc) is 2.81. The molecule has 0 unspecified atom stereocenters. The van der Waals surface area contributed by atoms with Gasteiger partial charge in [0.1, 0.15) is 0 Å². The number of benzene rings is 1. The number of carbonyl (C=O) groups is 1. The third-order valence-corrected chi connectivity index (χ3v) is 4.03. The molecular weight excluding hydrogens is 296 g/mol. The third kappa shape index (κ3) is 6.23. The molecule has 0 atom stereocenters. The van der Waals surface area contributed by atoms with E-state index >= 15 is 0 Å². The minimum absolute atomic E-state index is 0.00329. The number of carbonyl (C=O) groups excluding carboxylic acids is 1. The molecule has 1 aliphatic carbocycles. The Morgan fingerprint density at radius 3 is 2.35 bits per heavy atom. The van der Waals surface area contributed by atoms with E-state index in [9.17, 15) is 14.9 Å². The summed E-state index contributed by atoms with van der Waals surface area (Å²) in [6.07, 6.45) is 7.66. The number of non-ortho nitro benzene ring substituents is 1. The highest BCUT2D eigenvalue weighted by Crippen LogP contribution is 2.17. The molecule has 0 bridgehead atoms. The summed E-state index contributed by atoms with van der Waals surface area (Å²) < 4.78 is 0. The Morgan fingerprint density at radius 1 is 1.09 bits per heavy atom. The summed E-state index contributed by atoms with van der Waals surface area (Å²) in [4.78, 5) is 21.8. The van der Waals surface area contributed by atoms with Crippen molar-refractivity contribution in [3.8, 4) is 0 Å². The maximum atomic E-state index is 11.8. The Bertz CT molecular complexity index is 511. The SMILES string of the molecule is O=C(NCCNC1CCCCCC1)Nc1ccc([N+](=O)[O-])cc1. The van der Waals surface area contributed by atoms with E-state index in [1.54, 1.807) is 0 Å². The molecule has 0 radical (unpaired) electrons. The van der Waals surface area contributed by atoms with E-state index < -0.39 is 4.92 Å². The Hall–Kier alpha value is -2.15. The fourth-order valence-corrected chi connectivity index (χ4v) is 2.78. The second kappa shape index (κ2) is 9.09. The molecule has 1 fully saturated rings. The summed E-state index contributed by atoms with van der Waals surface area (Å²) in [5.74, 6) is 0. The van der Waals surface area contributed by atoms with Crippen molar-refractivity contribution in [3.05, 3.63) is 34.4 Å². The van der Waals surface area contributed by atoms with Gasteiger partial charge in [-0.05, 0) is 25.0 Å². The zero-order valence-corrected chi connectivity index (χ0v) is 13.2. The van der Waals surface area contributed by atoms with Crippen LogP contribution in [-0.2, 0) is 0 Å². The van der Waals surface area contributed by atoms with Crippen LogP contribution in [0.1, 0.15) is 38.5 Å². The van der Waals surface area contributed by atoms with E-state index in [1.165, 1.54) is 62.8 Å². The first-order valence-corrected chi connectivity index (χ1v) is 8.18. The molecule has 1 saturated carbocycles. The zero-order chi connectivity index (χ0) is 16.5. The predicted molar refractivity (Wildman–Crippen MR) is 89.6 cm³/mol. The van der Waals surface area contributed by atoms with Crippen LogP contribution in [0.4, 0.5) is 16.2 Å². The minimum atomic E-state index is -0.469. The van der Waals surface area contributed by atoms with Crippen LogP contribution in [0.15, 0.2) is 24.3 Å². The lowest BCUT2D eigenvalue weighted by Gasteiger charge is -2.16. The lowest BCUT2D eigenvalue weighted by Crippen LogP contribution is -2.38. The molecule has 2 amide bonds. The number of rotatable bonds is 6. The van der Waals surface area contributed by atoms with Gasteiger partial charge in [-0.25, -0.2) is 4.79 Å². The molecule has 3 N–H and O–H groups in total. The van der Waals surface area contributed by atoms with Gasteiger partial charge >= 0.3 is 6.03 Å². The second-order valence-corrected chi connectivity index (χ2v) is 5.83. The number of nitro benzene ring substituents is 1. The lowest BCUT2D eigenvalue weighted by atomic mass is 10.1. The highest BCUT2D eigenvalue weighted by atomic mass is 16.6. The predicted octanol–water partition coefficient (Wildman–Crippen LogP) is 3.03. The van der Waals surface area contributed by atoms with Crippen LogP contribution in [0.25, 0.3) is 0 Å². The van der Waals surface area contributed by atoms with Crippen molar-refractivity contribution < 1.29 is 9.72 Å². The monoisotopic (exact) mass is 320 g/mol. The average molecular weight is 320 g/mol. The van der Waals surface area contributed by atoms with Crippen molar-refractivity contribution in [1.82, 2.24) is 10.6 Å². The van der Waals surface area contributed by atoms with E-state index in [4.69, 9.17) is 0 Å². The van der Waals surface area contributed by atoms with Crippen LogP contribution in [0.5, 0.6) is 0 Å². The molecule has 1 aromatic carbocycles. The van der Waals surface area contributed by atoms with Crippen LogP contribution in [-0.4, -0.2) is 30.1 Å². The summed E-state index contributed by atoms with van der Waals surface area (Å²) in [7, 11) is 0. The number of nitrogens with zero attached hydrogens (tertiary/aromatic N) is 1. The standard InChI is InChI=1S/C16H24N4O3/c21-16(19-14-7-9-15(10-8-14)20(22)23)18-12-11-17-13-5-3-1-2-4-6-13/h7-10,13,17H,1-6,11-12H2,(H2,18,19,21). The van der Waals surface area contributed by atoms with Crippen LogP contribution < -0.4 is 16.0 Å². The summed E-state index contributed by atoms with van der Waals surface area (Å²) in [5.41, 5.74) is 0.536. The smallest absolute Gasteiger partial charge is 0.319 e. The maximum absolute atomic E-state index is 11.8. The van der Waals surface area contributed by atoms with Gasteiger partial charge in [-0.15, -0.1) is 0 Å². The van der Waals surface area contributed by atoms with Crippen molar-refractivity contribution >= 4 is 17.4 Å². The summed E-state index contributed by atoms with van der Waals surface area (Å²) >= 11 is 0. The molecule has 7 nitrogen and oxygen atoms in total. The molecule has 0 aromatic heterocycles. The van der Waals surface area contributed by atoms with Gasteiger partial charge in [0.25, 0.3) is 5.69 Å². The Kier molecular flexibility index (Phi) is 6.80. The first-order chi connectivity index (χ1) is 11.1. The number of amides is 2. The van der Waals surface area contributed by atoms with Crippen molar-refractivity contribution in [2.75, 3.05) is 18.4 Å². The van der Waals surface area contributed by atoms with Gasteiger partial charge in [0.2, 0.25) is 0 Å². The molecule has 1 aromatic rings. The van der Waals surface area contributed by atoms with Gasteiger partial charge in [0, 0.05) is 37.0 Å². The number of hydrogen-bond donors (Lipinski definition) is 3. The molecule has 0 aliphatic heterocycles. The number of nitro groups is 1. The summed E-state index contributed by atoms with van der Waals surface area (Å²) in [5, 5.41) is 19.5. The Balaban J connectivity index is 1.63. The van der Waals surface area contributed by atoms with Gasteiger partial charge < -0.3 is 16.0 Å². The van der Waals surface area contributed by atoms with Crippen molar-refractivity contribution in [1.29, 1.82) is 0 Å². The fraction of sp³-hybridized carbons (Fsp3) is 0.562. The van der Waals surface area contributed by atoms with E-state index in [-0.39, 0.29) is 11.7 Å². The molecule has 0 saturated heterocycles. The quantitative estimate of drug-likeness (QED) is 0.325. The molecule has 7 heteroatoms. The molecule has 0 spiro atoms. The Labute approximate surface area is 136 Å². The van der Waals surface area contributed by atoms with E-state index in [0.717, 1.165) is 6.54 Å². The normalized spacial score (nSPS) is 15.7. The van der Waals surface area contributed by atoms with Crippen LogP contribution in [0, 0.1) is 10.1 Å². The molecule has 0 heterocycles. The number of hydrogen-bond acceptors (Lipinski definition) is 4. The number of anilines is 1. The first-order valence-electron chi connectivity index (χ1n) is 8.18. The second-order valence-electron chi connectivity index (χ2n) is 5.83. The molecular formula is C16H24N4O3. The van der Waals surface area contributed by atoms with E-state index in [2.05, 4.69) is 16.0 Å². The molecule has 1 aliphatic rings. The zero-order valence-electron chi connectivity index (χ0n) is 13.2. The van der Waals surface area contributed by atoms with Gasteiger partial charge in [0.15, 0.2) is 0 Å². The minimum Gasteiger partial charge on any atom is -0.337 e. The summed E-state index contributed by atoms with van der Waals surface area (Å²) in [6.45, 7) is 1.30. The van der Waals surface area contributed by atoms with Crippen molar-refractivity contribution in [3.63, 3.8) is 0 Å². The fourth-order valence-electron chi connectivity index (χ4n) is 2.78. The maximum Gasteiger partial charge on any atom is 0.319 e. The largest absolute Gasteiger partial charge is 0.337 e. The molecule has 126 valence electrons. The molecule has 23 heavy (non-hydrogen) atoms. The van der Waals surface area contributed by atoms with Gasteiger partial charge in [-0.1, -0.05) is 25.7 Å². The highest BCUT2D eigenvalue weighted by molar-refractivity contribution is 5.89.